The number of carbonyl (C=O) groups is 1. The quantitative estimate of drug-likeness (QED) is 0.661. The summed E-state index contributed by atoms with van der Waals surface area (Å²) in [5.74, 6) is 0. The summed E-state index contributed by atoms with van der Waals surface area (Å²) in [6.07, 6.45) is 3.91. The molecule has 2 amide bonds. The molecule has 2 N–H and O–H groups in total. The normalized spacial score (nSPS) is 13.0. The molecule has 1 aromatic heterocycles. The molecule has 27 heavy (non-hydrogen) atoms. The molecule has 0 saturated heterocycles. The number of hydrogen-bond donors (Lipinski definition) is 2. The highest BCUT2D eigenvalue weighted by Gasteiger charge is 2.15. The first-order valence-electron chi connectivity index (χ1n) is 8.84. The average Bonchev–Trinajstić information content (AvgIpc) is 3.21. The van der Waals surface area contributed by atoms with E-state index in [9.17, 15) is 4.79 Å². The number of urea groups is 1. The Morgan fingerprint density at radius 1 is 1.15 bits per heavy atom. The molecule has 0 radical (unpaired) electrons. The van der Waals surface area contributed by atoms with Crippen molar-refractivity contribution in [3.63, 3.8) is 0 Å². The summed E-state index contributed by atoms with van der Waals surface area (Å²) in [5, 5.41) is 10.8. The molecule has 2 aromatic carbocycles. The van der Waals surface area contributed by atoms with Crippen molar-refractivity contribution < 1.29 is 4.79 Å². The fourth-order valence-electron chi connectivity index (χ4n) is 2.88. The summed E-state index contributed by atoms with van der Waals surface area (Å²) >= 11 is 6.06. The van der Waals surface area contributed by atoms with Crippen LogP contribution in [0.5, 0.6) is 0 Å². The molecule has 3 rings (SSSR count). The van der Waals surface area contributed by atoms with Gasteiger partial charge in [-0.05, 0) is 48.7 Å². The smallest absolute Gasteiger partial charge is 0.315 e. The molecule has 0 bridgehead atoms. The molecular formula is C20H22ClN5O. The first-order valence-corrected chi connectivity index (χ1v) is 9.22. The van der Waals surface area contributed by atoms with Gasteiger partial charge in [0.1, 0.15) is 12.7 Å². The standard InChI is InChI=1S/C20H22ClN5O/c1-3-19(16-5-4-6-17(21)11-16)25-20(27)24-14(2)15-7-9-18(10-8-15)26-13-22-12-23-26/h4-14,19H,3H2,1-2H3,(H2,24,25,27). The lowest BCUT2D eigenvalue weighted by atomic mass is 10.0. The van der Waals surface area contributed by atoms with Crippen molar-refractivity contribution >= 4 is 17.6 Å². The van der Waals surface area contributed by atoms with Crippen LogP contribution in [-0.4, -0.2) is 20.8 Å². The van der Waals surface area contributed by atoms with Gasteiger partial charge in [-0.2, -0.15) is 5.10 Å². The highest BCUT2D eigenvalue weighted by Crippen LogP contribution is 2.21. The van der Waals surface area contributed by atoms with Gasteiger partial charge in [-0.25, -0.2) is 14.5 Å². The molecule has 1 heterocycles. The van der Waals surface area contributed by atoms with E-state index in [1.54, 1.807) is 11.0 Å². The van der Waals surface area contributed by atoms with E-state index in [1.807, 2.05) is 62.4 Å². The van der Waals surface area contributed by atoms with E-state index in [-0.39, 0.29) is 18.1 Å². The molecule has 0 saturated carbocycles. The van der Waals surface area contributed by atoms with Crippen molar-refractivity contribution in [1.29, 1.82) is 0 Å². The third-order valence-corrected chi connectivity index (χ3v) is 4.62. The zero-order valence-corrected chi connectivity index (χ0v) is 16.0. The van der Waals surface area contributed by atoms with Crippen LogP contribution in [0, 0.1) is 0 Å². The first-order chi connectivity index (χ1) is 13.1. The Hall–Kier alpha value is -2.86. The molecule has 0 aliphatic heterocycles. The van der Waals surface area contributed by atoms with Gasteiger partial charge in [0.2, 0.25) is 0 Å². The van der Waals surface area contributed by atoms with E-state index in [2.05, 4.69) is 20.7 Å². The van der Waals surface area contributed by atoms with Gasteiger partial charge >= 0.3 is 6.03 Å². The third-order valence-electron chi connectivity index (χ3n) is 4.39. The van der Waals surface area contributed by atoms with E-state index in [1.165, 1.54) is 6.33 Å². The molecule has 6 nitrogen and oxygen atoms in total. The maximum Gasteiger partial charge on any atom is 0.315 e. The van der Waals surface area contributed by atoms with Gasteiger partial charge in [-0.15, -0.1) is 0 Å². The largest absolute Gasteiger partial charge is 0.332 e. The van der Waals surface area contributed by atoms with Gasteiger partial charge in [-0.3, -0.25) is 0 Å². The molecular weight excluding hydrogens is 362 g/mol. The van der Waals surface area contributed by atoms with E-state index in [0.29, 0.717) is 5.02 Å². The number of hydrogen-bond acceptors (Lipinski definition) is 3. The summed E-state index contributed by atoms with van der Waals surface area (Å²) in [4.78, 5) is 16.4. The van der Waals surface area contributed by atoms with Crippen molar-refractivity contribution in [2.75, 3.05) is 0 Å². The van der Waals surface area contributed by atoms with Crippen LogP contribution in [0.4, 0.5) is 4.79 Å². The highest BCUT2D eigenvalue weighted by molar-refractivity contribution is 6.30. The molecule has 0 spiro atoms. The van der Waals surface area contributed by atoms with Gasteiger partial charge in [0, 0.05) is 5.02 Å². The Balaban J connectivity index is 1.61. The topological polar surface area (TPSA) is 71.8 Å². The zero-order valence-electron chi connectivity index (χ0n) is 15.3. The van der Waals surface area contributed by atoms with Crippen molar-refractivity contribution in [1.82, 2.24) is 25.4 Å². The predicted molar refractivity (Wildman–Crippen MR) is 106 cm³/mol. The van der Waals surface area contributed by atoms with Crippen molar-refractivity contribution in [2.24, 2.45) is 0 Å². The van der Waals surface area contributed by atoms with Crippen LogP contribution >= 0.6 is 11.6 Å². The van der Waals surface area contributed by atoms with Crippen LogP contribution in [0.3, 0.4) is 0 Å². The molecule has 2 atom stereocenters. The van der Waals surface area contributed by atoms with Gasteiger partial charge in [0.25, 0.3) is 0 Å². The minimum atomic E-state index is -0.213. The van der Waals surface area contributed by atoms with E-state index in [0.717, 1.165) is 23.2 Å². The first kappa shape index (κ1) is 18.9. The van der Waals surface area contributed by atoms with Crippen LogP contribution < -0.4 is 10.6 Å². The van der Waals surface area contributed by atoms with Crippen LogP contribution in [0.25, 0.3) is 5.69 Å². The molecule has 3 aromatic rings. The summed E-state index contributed by atoms with van der Waals surface area (Å²) in [6.45, 7) is 3.97. The van der Waals surface area contributed by atoms with Gasteiger partial charge in [-0.1, -0.05) is 42.8 Å². The lowest BCUT2D eigenvalue weighted by molar-refractivity contribution is 0.233. The van der Waals surface area contributed by atoms with Gasteiger partial charge in [0.05, 0.1) is 17.8 Å². The van der Waals surface area contributed by atoms with Crippen molar-refractivity contribution in [3.8, 4) is 5.69 Å². The zero-order chi connectivity index (χ0) is 19.2. The lowest BCUT2D eigenvalue weighted by Gasteiger charge is -2.21. The molecule has 0 fully saturated rings. The van der Waals surface area contributed by atoms with Crippen molar-refractivity contribution in [3.05, 3.63) is 77.3 Å². The summed E-state index contributed by atoms with van der Waals surface area (Å²) in [7, 11) is 0. The Bertz CT molecular complexity index is 880. The SMILES string of the molecule is CCC(NC(=O)NC(C)c1ccc(-n2cncn2)cc1)c1cccc(Cl)c1. The molecule has 2 unspecified atom stereocenters. The van der Waals surface area contributed by atoms with Crippen LogP contribution in [-0.2, 0) is 0 Å². The molecule has 0 aliphatic carbocycles. The summed E-state index contributed by atoms with van der Waals surface area (Å²) < 4.78 is 1.69. The molecule has 140 valence electrons. The predicted octanol–water partition coefficient (Wildman–Crippen LogP) is 4.43. The maximum absolute atomic E-state index is 12.4. The Kier molecular flexibility index (Phi) is 6.08. The average molecular weight is 384 g/mol. The fraction of sp³-hybridized carbons (Fsp3) is 0.250. The van der Waals surface area contributed by atoms with Gasteiger partial charge in [0.15, 0.2) is 0 Å². The van der Waals surface area contributed by atoms with Crippen LogP contribution in [0.1, 0.15) is 43.5 Å². The third kappa shape index (κ3) is 4.86. The Morgan fingerprint density at radius 2 is 1.93 bits per heavy atom. The monoisotopic (exact) mass is 383 g/mol. The number of rotatable bonds is 6. The number of carbonyl (C=O) groups excluding carboxylic acids is 1. The maximum atomic E-state index is 12.4. The second kappa shape index (κ2) is 8.68. The second-order valence-corrected chi connectivity index (χ2v) is 6.72. The number of aromatic nitrogens is 3. The minimum Gasteiger partial charge on any atom is -0.332 e. The summed E-state index contributed by atoms with van der Waals surface area (Å²) in [6, 6.07) is 14.9. The molecule has 0 aliphatic rings. The minimum absolute atomic E-state index is 0.0920. The number of nitrogens with zero attached hydrogens (tertiary/aromatic N) is 3. The fourth-order valence-corrected chi connectivity index (χ4v) is 3.08. The highest BCUT2D eigenvalue weighted by atomic mass is 35.5. The van der Waals surface area contributed by atoms with Crippen LogP contribution in [0.2, 0.25) is 5.02 Å². The van der Waals surface area contributed by atoms with E-state index >= 15 is 0 Å². The van der Waals surface area contributed by atoms with E-state index < -0.39 is 0 Å². The Morgan fingerprint density at radius 3 is 2.56 bits per heavy atom. The van der Waals surface area contributed by atoms with E-state index in [4.69, 9.17) is 11.6 Å². The van der Waals surface area contributed by atoms with Crippen LogP contribution in [0.15, 0.2) is 61.2 Å². The molecule has 7 heteroatoms. The lowest BCUT2D eigenvalue weighted by Crippen LogP contribution is -2.39. The summed E-state index contributed by atoms with van der Waals surface area (Å²) in [5.41, 5.74) is 2.91. The second-order valence-electron chi connectivity index (χ2n) is 6.29. The van der Waals surface area contributed by atoms with Crippen molar-refractivity contribution in [2.45, 2.75) is 32.4 Å². The Labute approximate surface area is 163 Å². The number of amides is 2. The number of benzene rings is 2. The number of nitrogens with one attached hydrogen (secondary N) is 2. The van der Waals surface area contributed by atoms with Gasteiger partial charge < -0.3 is 10.6 Å². The number of halogens is 1.